The number of nitrogens with zero attached hydrogens (tertiary/aromatic N) is 1. The molecule has 0 heterocycles. The number of nitriles is 1. The first-order valence-electron chi connectivity index (χ1n) is 3.48. The minimum atomic E-state index is -0.501. The summed E-state index contributed by atoms with van der Waals surface area (Å²) in [6, 6.07) is 6.77. The highest BCUT2D eigenvalue weighted by Gasteiger charge is 2.08. The van der Waals surface area contributed by atoms with Crippen molar-refractivity contribution in [1.82, 2.24) is 0 Å². The molecule has 0 radical (unpaired) electrons. The Morgan fingerprint density at radius 3 is 2.77 bits per heavy atom. The van der Waals surface area contributed by atoms with Crippen LogP contribution in [0.3, 0.4) is 0 Å². The van der Waals surface area contributed by atoms with Gasteiger partial charge in [-0.2, -0.15) is 5.26 Å². The zero-order valence-corrected chi connectivity index (χ0v) is 8.89. The summed E-state index contributed by atoms with van der Waals surface area (Å²) in [7, 11) is 0. The Morgan fingerprint density at radius 1 is 1.62 bits per heavy atom. The van der Waals surface area contributed by atoms with E-state index in [1.165, 1.54) is 0 Å². The Kier molecular flexibility index (Phi) is 3.47. The molecule has 0 aromatic heterocycles. The van der Waals surface area contributed by atoms with Crippen molar-refractivity contribution >= 4 is 32.8 Å². The van der Waals surface area contributed by atoms with Crippen LogP contribution in [0.5, 0.6) is 0 Å². The smallest absolute Gasteiger partial charge is 0.252 e. The van der Waals surface area contributed by atoms with Gasteiger partial charge in [-0.15, -0.1) is 0 Å². The third kappa shape index (κ3) is 2.30. The standard InChI is InChI=1S/C9H5BrClNO/c10-4-7-3-6(5-12)1-2-8(7)9(11)13/h1-3H,4H2. The van der Waals surface area contributed by atoms with Gasteiger partial charge in [0.05, 0.1) is 11.6 Å². The van der Waals surface area contributed by atoms with Crippen molar-refractivity contribution in [2.45, 2.75) is 5.33 Å². The van der Waals surface area contributed by atoms with Gasteiger partial charge < -0.3 is 0 Å². The van der Waals surface area contributed by atoms with Crippen molar-refractivity contribution in [2.24, 2.45) is 0 Å². The van der Waals surface area contributed by atoms with Crippen molar-refractivity contribution in [1.29, 1.82) is 5.26 Å². The van der Waals surface area contributed by atoms with Gasteiger partial charge in [0.2, 0.25) is 0 Å². The van der Waals surface area contributed by atoms with Crippen LogP contribution in [0.2, 0.25) is 0 Å². The van der Waals surface area contributed by atoms with E-state index in [-0.39, 0.29) is 0 Å². The Morgan fingerprint density at radius 2 is 2.31 bits per heavy atom. The van der Waals surface area contributed by atoms with Gasteiger partial charge in [-0.1, -0.05) is 15.9 Å². The fourth-order valence-electron chi connectivity index (χ4n) is 0.966. The van der Waals surface area contributed by atoms with Crippen LogP contribution >= 0.6 is 27.5 Å². The van der Waals surface area contributed by atoms with E-state index in [9.17, 15) is 4.79 Å². The van der Waals surface area contributed by atoms with Crippen molar-refractivity contribution in [3.8, 4) is 6.07 Å². The van der Waals surface area contributed by atoms with Gasteiger partial charge in [-0.25, -0.2) is 0 Å². The third-order valence-electron chi connectivity index (χ3n) is 1.59. The van der Waals surface area contributed by atoms with E-state index in [1.54, 1.807) is 18.2 Å². The van der Waals surface area contributed by atoms with Crippen LogP contribution in [-0.2, 0) is 5.33 Å². The van der Waals surface area contributed by atoms with Crippen LogP contribution in [0.4, 0.5) is 0 Å². The lowest BCUT2D eigenvalue weighted by Crippen LogP contribution is -1.95. The van der Waals surface area contributed by atoms with Gasteiger partial charge in [-0.05, 0) is 35.4 Å². The van der Waals surface area contributed by atoms with Gasteiger partial charge in [0, 0.05) is 10.9 Å². The zero-order valence-electron chi connectivity index (χ0n) is 6.55. The Hall–Kier alpha value is -0.850. The van der Waals surface area contributed by atoms with E-state index < -0.39 is 5.24 Å². The van der Waals surface area contributed by atoms with Gasteiger partial charge in [0.1, 0.15) is 0 Å². The highest BCUT2D eigenvalue weighted by Crippen LogP contribution is 2.16. The molecule has 0 amide bonds. The number of carbonyl (C=O) groups is 1. The molecule has 0 saturated heterocycles. The first-order valence-corrected chi connectivity index (χ1v) is 4.97. The van der Waals surface area contributed by atoms with Gasteiger partial charge in [0.25, 0.3) is 5.24 Å². The Bertz CT molecular complexity index is 384. The maximum Gasteiger partial charge on any atom is 0.252 e. The molecule has 2 nitrogen and oxygen atoms in total. The highest BCUT2D eigenvalue weighted by atomic mass is 79.9. The molecule has 1 aromatic rings. The second-order valence-corrected chi connectivity index (χ2v) is 3.30. The second kappa shape index (κ2) is 4.40. The van der Waals surface area contributed by atoms with E-state index in [0.717, 1.165) is 5.56 Å². The molecule has 0 fully saturated rings. The van der Waals surface area contributed by atoms with Crippen LogP contribution in [0.1, 0.15) is 21.5 Å². The predicted octanol–water partition coefficient (Wildman–Crippen LogP) is 2.83. The molecular formula is C9H5BrClNO. The van der Waals surface area contributed by atoms with Crippen molar-refractivity contribution < 1.29 is 4.79 Å². The van der Waals surface area contributed by atoms with Gasteiger partial charge in [0.15, 0.2) is 0 Å². The zero-order chi connectivity index (χ0) is 9.84. The number of hydrogen-bond donors (Lipinski definition) is 0. The molecule has 1 aromatic carbocycles. The number of halogens is 2. The molecule has 1 rings (SSSR count). The minimum absolute atomic E-state index is 0.442. The topological polar surface area (TPSA) is 40.9 Å². The first kappa shape index (κ1) is 10.2. The van der Waals surface area contributed by atoms with Gasteiger partial charge in [-0.3, -0.25) is 4.79 Å². The molecule has 0 spiro atoms. The van der Waals surface area contributed by atoms with Crippen LogP contribution in [-0.4, -0.2) is 5.24 Å². The van der Waals surface area contributed by atoms with E-state index in [4.69, 9.17) is 16.9 Å². The van der Waals surface area contributed by atoms with Crippen molar-refractivity contribution in [3.05, 3.63) is 34.9 Å². The van der Waals surface area contributed by atoms with E-state index in [0.29, 0.717) is 16.5 Å². The summed E-state index contributed by atoms with van der Waals surface area (Å²) < 4.78 is 0. The summed E-state index contributed by atoms with van der Waals surface area (Å²) >= 11 is 8.56. The molecule has 0 aliphatic heterocycles. The van der Waals surface area contributed by atoms with Crippen LogP contribution in [0.25, 0.3) is 0 Å². The summed E-state index contributed by atoms with van der Waals surface area (Å²) in [5.41, 5.74) is 1.70. The molecule has 13 heavy (non-hydrogen) atoms. The van der Waals surface area contributed by atoms with E-state index >= 15 is 0 Å². The number of benzene rings is 1. The first-order chi connectivity index (χ1) is 6.19. The molecular weight excluding hydrogens is 253 g/mol. The van der Waals surface area contributed by atoms with E-state index in [1.807, 2.05) is 6.07 Å². The molecule has 0 aliphatic rings. The van der Waals surface area contributed by atoms with Gasteiger partial charge >= 0.3 is 0 Å². The number of alkyl halides is 1. The molecule has 0 aliphatic carbocycles. The fraction of sp³-hybridized carbons (Fsp3) is 0.111. The largest absolute Gasteiger partial charge is 0.276 e. The van der Waals surface area contributed by atoms with Crippen LogP contribution < -0.4 is 0 Å². The fourth-order valence-corrected chi connectivity index (χ4v) is 1.61. The maximum atomic E-state index is 10.9. The average Bonchev–Trinajstić information content (AvgIpc) is 2.16. The average molecular weight is 259 g/mol. The number of hydrogen-bond acceptors (Lipinski definition) is 2. The second-order valence-electron chi connectivity index (χ2n) is 2.39. The molecule has 4 heteroatoms. The quantitative estimate of drug-likeness (QED) is 0.604. The Balaban J connectivity index is 3.25. The number of rotatable bonds is 2. The van der Waals surface area contributed by atoms with Crippen LogP contribution in [0.15, 0.2) is 18.2 Å². The summed E-state index contributed by atoms with van der Waals surface area (Å²) in [4.78, 5) is 10.9. The summed E-state index contributed by atoms with van der Waals surface area (Å²) in [6.07, 6.45) is 0. The summed E-state index contributed by atoms with van der Waals surface area (Å²) in [5.74, 6) is 0. The SMILES string of the molecule is N#Cc1ccc(C(=O)Cl)c(CBr)c1. The lowest BCUT2D eigenvalue weighted by atomic mass is 10.1. The monoisotopic (exact) mass is 257 g/mol. The van der Waals surface area contributed by atoms with Crippen molar-refractivity contribution in [3.63, 3.8) is 0 Å². The number of carbonyl (C=O) groups excluding carboxylic acids is 1. The Labute approximate surface area is 89.3 Å². The molecule has 0 unspecified atom stereocenters. The molecule has 66 valence electrons. The normalized spacial score (nSPS) is 9.31. The summed E-state index contributed by atoms with van der Waals surface area (Å²) in [6.45, 7) is 0. The minimum Gasteiger partial charge on any atom is -0.276 e. The third-order valence-corrected chi connectivity index (χ3v) is 2.40. The lowest BCUT2D eigenvalue weighted by Gasteiger charge is -2.01. The molecule has 0 atom stereocenters. The maximum absolute atomic E-state index is 10.9. The lowest BCUT2D eigenvalue weighted by molar-refractivity contribution is 0.108. The van der Waals surface area contributed by atoms with Crippen LogP contribution in [0, 0.1) is 11.3 Å². The molecule has 0 N–H and O–H groups in total. The molecule has 0 saturated carbocycles. The van der Waals surface area contributed by atoms with Crippen molar-refractivity contribution in [2.75, 3.05) is 0 Å². The summed E-state index contributed by atoms with van der Waals surface area (Å²) in [5, 5.41) is 8.61. The predicted molar refractivity (Wildman–Crippen MR) is 54.0 cm³/mol. The van der Waals surface area contributed by atoms with E-state index in [2.05, 4.69) is 15.9 Å². The highest BCUT2D eigenvalue weighted by molar-refractivity contribution is 9.08. The molecule has 0 bridgehead atoms.